The fourth-order valence-electron chi connectivity index (χ4n) is 4.61. The molecule has 1 heterocycles. The molecular weight excluding hydrogens is 512 g/mol. The van der Waals surface area contributed by atoms with Gasteiger partial charge >= 0.3 is 0 Å². The van der Waals surface area contributed by atoms with E-state index in [-0.39, 0.29) is 34.9 Å². The number of carbonyl (C=O) groups excluding carboxylic acids is 2. The zero-order chi connectivity index (χ0) is 27.2. The predicted molar refractivity (Wildman–Crippen MR) is 150 cm³/mol. The van der Waals surface area contributed by atoms with Crippen molar-refractivity contribution in [2.24, 2.45) is 5.41 Å². The van der Waals surface area contributed by atoms with Crippen LogP contribution in [-0.4, -0.2) is 23.9 Å². The molecule has 0 radical (unpaired) electrons. The highest BCUT2D eigenvalue weighted by molar-refractivity contribution is 6.31. The second-order valence-electron chi connectivity index (χ2n) is 11.5. The summed E-state index contributed by atoms with van der Waals surface area (Å²) in [6.07, 6.45) is 5.09. The summed E-state index contributed by atoms with van der Waals surface area (Å²) < 4.78 is 15.0. The van der Waals surface area contributed by atoms with Gasteiger partial charge in [0.1, 0.15) is 5.82 Å². The summed E-state index contributed by atoms with van der Waals surface area (Å²) in [7, 11) is 0. The first-order valence-electron chi connectivity index (χ1n) is 13.0. The van der Waals surface area contributed by atoms with Crippen molar-refractivity contribution >= 4 is 40.7 Å². The van der Waals surface area contributed by atoms with Crippen LogP contribution >= 0.6 is 23.2 Å². The van der Waals surface area contributed by atoms with Crippen LogP contribution < -0.4 is 16.0 Å². The SMILES string of the molecule is CC(C)(C)C.O=C1CC(c2cccc(Cl)c2F)[C@H](C(=O)NC2CCCCC2)NCc2ccc(Cl)cc2N1. The minimum Gasteiger partial charge on any atom is -0.352 e. The molecule has 2 amide bonds. The molecule has 3 N–H and O–H groups in total. The van der Waals surface area contributed by atoms with Gasteiger partial charge in [0.05, 0.1) is 11.1 Å². The number of carbonyl (C=O) groups is 2. The summed E-state index contributed by atoms with van der Waals surface area (Å²) in [5, 5.41) is 9.74. The normalized spacial score (nSPS) is 20.8. The smallest absolute Gasteiger partial charge is 0.238 e. The minimum absolute atomic E-state index is 0.0377. The van der Waals surface area contributed by atoms with Gasteiger partial charge in [-0.2, -0.15) is 0 Å². The lowest BCUT2D eigenvalue weighted by Gasteiger charge is -2.30. The first kappa shape index (κ1) is 29.4. The summed E-state index contributed by atoms with van der Waals surface area (Å²) in [5.74, 6) is -1.89. The van der Waals surface area contributed by atoms with E-state index in [1.807, 2.05) is 0 Å². The Morgan fingerprint density at radius 2 is 1.73 bits per heavy atom. The van der Waals surface area contributed by atoms with Crippen LogP contribution in [0.25, 0.3) is 0 Å². The number of fused-ring (bicyclic) bond motifs is 1. The van der Waals surface area contributed by atoms with Crippen LogP contribution in [0.1, 0.15) is 83.3 Å². The maximum atomic E-state index is 15.0. The second kappa shape index (κ2) is 13.1. The number of halogens is 3. The third kappa shape index (κ3) is 8.98. The molecule has 5 nitrogen and oxygen atoms in total. The fraction of sp³-hybridized carbons (Fsp3) is 0.517. The van der Waals surface area contributed by atoms with Crippen molar-refractivity contribution < 1.29 is 14.0 Å². The Labute approximate surface area is 229 Å². The molecular formula is C29H38Cl2FN3O2. The van der Waals surface area contributed by atoms with E-state index in [4.69, 9.17) is 23.2 Å². The average molecular weight is 551 g/mol. The standard InChI is InChI=1S/C24H26Cl2FN3O2.C5H12/c25-15-10-9-14-13-28-23(24(32)29-16-5-2-1-3-6-16)18(12-21(31)30-20(14)11-15)17-7-4-8-19(26)22(17)27;1-5(2,3)4/h4,7-11,16,18,23,28H,1-3,5-6,12-13H2,(H,29,32)(H,30,31);1-4H3/t18?,23-;/m1./s1. The van der Waals surface area contributed by atoms with Crippen LogP contribution in [0.5, 0.6) is 0 Å². The van der Waals surface area contributed by atoms with Crippen molar-refractivity contribution in [2.75, 3.05) is 5.32 Å². The summed E-state index contributed by atoms with van der Waals surface area (Å²) in [6, 6.07) is 9.18. The quantitative estimate of drug-likeness (QED) is 0.378. The molecule has 0 bridgehead atoms. The van der Waals surface area contributed by atoms with E-state index < -0.39 is 17.8 Å². The molecule has 1 unspecified atom stereocenters. The third-order valence-electron chi connectivity index (χ3n) is 6.28. The zero-order valence-electron chi connectivity index (χ0n) is 22.1. The van der Waals surface area contributed by atoms with Crippen molar-refractivity contribution in [3.8, 4) is 0 Å². The van der Waals surface area contributed by atoms with Crippen molar-refractivity contribution in [1.82, 2.24) is 10.6 Å². The molecule has 8 heteroatoms. The summed E-state index contributed by atoms with van der Waals surface area (Å²) in [6.45, 7) is 9.06. The van der Waals surface area contributed by atoms with Crippen LogP contribution in [-0.2, 0) is 16.1 Å². The molecule has 0 saturated heterocycles. The molecule has 1 aliphatic carbocycles. The van der Waals surface area contributed by atoms with E-state index >= 15 is 4.39 Å². The van der Waals surface area contributed by atoms with Gasteiger partial charge in [-0.05, 0) is 47.6 Å². The van der Waals surface area contributed by atoms with Gasteiger partial charge in [0.15, 0.2) is 0 Å². The van der Waals surface area contributed by atoms with E-state index in [9.17, 15) is 9.59 Å². The first-order chi connectivity index (χ1) is 17.4. The molecule has 0 aromatic heterocycles. The van der Waals surface area contributed by atoms with Crippen LogP contribution in [0, 0.1) is 11.2 Å². The van der Waals surface area contributed by atoms with Crippen molar-refractivity contribution in [3.63, 3.8) is 0 Å². The van der Waals surface area contributed by atoms with Crippen LogP contribution in [0.15, 0.2) is 36.4 Å². The van der Waals surface area contributed by atoms with E-state index in [2.05, 4.69) is 43.6 Å². The van der Waals surface area contributed by atoms with Crippen molar-refractivity contribution in [2.45, 2.75) is 90.8 Å². The predicted octanol–water partition coefficient (Wildman–Crippen LogP) is 7.22. The number of amides is 2. The number of benzene rings is 2. The largest absolute Gasteiger partial charge is 0.352 e. The van der Waals surface area contributed by atoms with Crippen LogP contribution in [0.4, 0.5) is 10.1 Å². The van der Waals surface area contributed by atoms with Crippen LogP contribution in [0.2, 0.25) is 10.0 Å². The van der Waals surface area contributed by atoms with Crippen molar-refractivity contribution in [1.29, 1.82) is 0 Å². The molecule has 2 aliphatic rings. The van der Waals surface area contributed by atoms with E-state index in [0.717, 1.165) is 31.2 Å². The molecule has 2 aromatic carbocycles. The molecule has 4 rings (SSSR count). The molecule has 202 valence electrons. The van der Waals surface area contributed by atoms with Crippen LogP contribution in [0.3, 0.4) is 0 Å². The van der Waals surface area contributed by atoms with Gasteiger partial charge in [0.2, 0.25) is 11.8 Å². The first-order valence-corrected chi connectivity index (χ1v) is 13.7. The number of anilines is 1. The third-order valence-corrected chi connectivity index (χ3v) is 6.81. The molecule has 0 spiro atoms. The topological polar surface area (TPSA) is 70.2 Å². The van der Waals surface area contributed by atoms with E-state index in [1.54, 1.807) is 30.3 Å². The highest BCUT2D eigenvalue weighted by Gasteiger charge is 2.35. The number of rotatable bonds is 3. The molecule has 2 atom stereocenters. The summed E-state index contributed by atoms with van der Waals surface area (Å²) in [4.78, 5) is 26.3. The lowest BCUT2D eigenvalue weighted by molar-refractivity contribution is -0.125. The number of hydrogen-bond acceptors (Lipinski definition) is 3. The molecule has 2 aromatic rings. The Kier molecular flexibility index (Phi) is 10.4. The van der Waals surface area contributed by atoms with Gasteiger partial charge in [-0.25, -0.2) is 4.39 Å². The average Bonchev–Trinajstić information content (AvgIpc) is 2.87. The molecule has 1 fully saturated rings. The monoisotopic (exact) mass is 549 g/mol. The maximum absolute atomic E-state index is 15.0. The van der Waals surface area contributed by atoms with E-state index in [1.165, 1.54) is 12.5 Å². The Morgan fingerprint density at radius 3 is 2.41 bits per heavy atom. The summed E-state index contributed by atoms with van der Waals surface area (Å²) in [5.41, 5.74) is 2.12. The van der Waals surface area contributed by atoms with Gasteiger partial charge in [-0.1, -0.05) is 88.4 Å². The Bertz CT molecular complexity index is 1090. The number of nitrogens with one attached hydrogen (secondary N) is 3. The van der Waals surface area contributed by atoms with Gasteiger partial charge in [-0.15, -0.1) is 0 Å². The molecule has 1 aliphatic heterocycles. The Balaban J connectivity index is 0.000000695. The Morgan fingerprint density at radius 1 is 1.05 bits per heavy atom. The summed E-state index contributed by atoms with van der Waals surface area (Å²) >= 11 is 12.1. The minimum atomic E-state index is -0.808. The Hall–Kier alpha value is -2.15. The lowest BCUT2D eigenvalue weighted by Crippen LogP contribution is -2.51. The second-order valence-corrected chi connectivity index (χ2v) is 12.3. The van der Waals surface area contributed by atoms with Gasteiger partial charge in [0, 0.05) is 35.6 Å². The highest BCUT2D eigenvalue weighted by atomic mass is 35.5. The maximum Gasteiger partial charge on any atom is 0.238 e. The van der Waals surface area contributed by atoms with E-state index in [0.29, 0.717) is 22.7 Å². The fourth-order valence-corrected chi connectivity index (χ4v) is 4.96. The van der Waals surface area contributed by atoms with Gasteiger partial charge in [-0.3, -0.25) is 9.59 Å². The molecule has 1 saturated carbocycles. The lowest BCUT2D eigenvalue weighted by atomic mass is 9.86. The van der Waals surface area contributed by atoms with Gasteiger partial charge < -0.3 is 16.0 Å². The zero-order valence-corrected chi connectivity index (χ0v) is 23.6. The van der Waals surface area contributed by atoms with Crippen molar-refractivity contribution in [3.05, 3.63) is 63.4 Å². The molecule has 37 heavy (non-hydrogen) atoms. The van der Waals surface area contributed by atoms with Gasteiger partial charge in [0.25, 0.3) is 0 Å². The highest BCUT2D eigenvalue weighted by Crippen LogP contribution is 2.33. The number of hydrogen-bond donors (Lipinski definition) is 3.